The summed E-state index contributed by atoms with van der Waals surface area (Å²) >= 11 is 5.91. The second kappa shape index (κ2) is 6.85. The summed E-state index contributed by atoms with van der Waals surface area (Å²) in [4.78, 5) is 11.7. The molecule has 1 aromatic carbocycles. The number of hydrogen-bond donors (Lipinski definition) is 1. The molecule has 1 saturated heterocycles. The van der Waals surface area contributed by atoms with E-state index in [1.807, 2.05) is 0 Å². The summed E-state index contributed by atoms with van der Waals surface area (Å²) in [6, 6.07) is 4.50. The molecule has 0 atom stereocenters. The van der Waals surface area contributed by atoms with Crippen molar-refractivity contribution in [3.8, 4) is 5.75 Å². The van der Waals surface area contributed by atoms with Crippen molar-refractivity contribution < 1.29 is 17.9 Å². The minimum absolute atomic E-state index is 0.0441. The van der Waals surface area contributed by atoms with E-state index < -0.39 is 10.0 Å². The second-order valence-corrected chi connectivity index (χ2v) is 7.43. The predicted molar refractivity (Wildman–Crippen MR) is 83.6 cm³/mol. The highest BCUT2D eigenvalue weighted by Gasteiger charge is 2.33. The van der Waals surface area contributed by atoms with Gasteiger partial charge in [-0.05, 0) is 31.0 Å². The van der Waals surface area contributed by atoms with E-state index in [0.29, 0.717) is 31.0 Å². The first-order valence-electron chi connectivity index (χ1n) is 6.95. The average Bonchev–Trinajstić information content (AvgIpc) is 2.54. The highest BCUT2D eigenvalue weighted by molar-refractivity contribution is 7.89. The molecule has 0 unspecified atom stereocenters. The van der Waals surface area contributed by atoms with Crippen molar-refractivity contribution in [1.29, 1.82) is 0 Å². The summed E-state index contributed by atoms with van der Waals surface area (Å²) < 4.78 is 32.0. The average molecular weight is 347 g/mol. The number of sulfonamides is 1. The lowest BCUT2D eigenvalue weighted by atomic mass is 9.97. The lowest BCUT2D eigenvalue weighted by Gasteiger charge is -2.30. The molecule has 122 valence electrons. The molecule has 1 heterocycles. The van der Waals surface area contributed by atoms with Crippen LogP contribution in [0.15, 0.2) is 23.1 Å². The van der Waals surface area contributed by atoms with Gasteiger partial charge in [0, 0.05) is 31.1 Å². The molecule has 6 nitrogen and oxygen atoms in total. The maximum atomic E-state index is 12.8. The van der Waals surface area contributed by atoms with Crippen LogP contribution in [-0.2, 0) is 14.8 Å². The minimum atomic E-state index is -3.69. The third-order valence-electron chi connectivity index (χ3n) is 3.81. The number of methoxy groups -OCH3 is 1. The van der Waals surface area contributed by atoms with Gasteiger partial charge < -0.3 is 10.1 Å². The van der Waals surface area contributed by atoms with Crippen molar-refractivity contribution in [2.75, 3.05) is 27.2 Å². The molecule has 1 N–H and O–H groups in total. The molecule has 0 bridgehead atoms. The molecule has 22 heavy (non-hydrogen) atoms. The van der Waals surface area contributed by atoms with Crippen molar-refractivity contribution in [3.63, 3.8) is 0 Å². The molecule has 1 aromatic rings. The van der Waals surface area contributed by atoms with E-state index in [1.165, 1.54) is 23.5 Å². The highest BCUT2D eigenvalue weighted by Crippen LogP contribution is 2.31. The molecular weight excluding hydrogens is 328 g/mol. The van der Waals surface area contributed by atoms with Gasteiger partial charge in [0.2, 0.25) is 15.9 Å². The van der Waals surface area contributed by atoms with Crippen LogP contribution in [0, 0.1) is 5.92 Å². The first-order chi connectivity index (χ1) is 10.4. The summed E-state index contributed by atoms with van der Waals surface area (Å²) in [5.41, 5.74) is 0. The van der Waals surface area contributed by atoms with Gasteiger partial charge in [0.05, 0.1) is 7.11 Å². The van der Waals surface area contributed by atoms with E-state index in [-0.39, 0.29) is 22.5 Å². The van der Waals surface area contributed by atoms with Gasteiger partial charge in [-0.2, -0.15) is 4.31 Å². The molecule has 1 aliphatic rings. The lowest BCUT2D eigenvalue weighted by molar-refractivity contribution is -0.125. The second-order valence-electron chi connectivity index (χ2n) is 5.09. The molecule has 0 aromatic heterocycles. The van der Waals surface area contributed by atoms with Crippen LogP contribution in [0.25, 0.3) is 0 Å². The molecule has 0 spiro atoms. The summed E-state index contributed by atoms with van der Waals surface area (Å²) in [7, 11) is -0.689. The van der Waals surface area contributed by atoms with Crippen LogP contribution >= 0.6 is 11.6 Å². The number of carbonyl (C=O) groups is 1. The molecule has 1 amide bonds. The Balaban J connectivity index is 2.22. The van der Waals surface area contributed by atoms with E-state index in [2.05, 4.69) is 5.32 Å². The SMILES string of the molecule is CNC(=O)C1CCN(S(=O)(=O)c2cc(Cl)ccc2OC)CC1. The standard InChI is InChI=1S/C14H19ClN2O4S/c1-16-14(18)10-5-7-17(8-6-10)22(19,20)13-9-11(15)3-4-12(13)21-2/h3-4,9-10H,5-8H2,1-2H3,(H,16,18). The first kappa shape index (κ1) is 17.1. The van der Waals surface area contributed by atoms with Crippen LogP contribution < -0.4 is 10.1 Å². The first-order valence-corrected chi connectivity index (χ1v) is 8.77. The van der Waals surface area contributed by atoms with Crippen LogP contribution in [0.5, 0.6) is 5.75 Å². The van der Waals surface area contributed by atoms with Gasteiger partial charge in [0.1, 0.15) is 10.6 Å². The Morgan fingerprint density at radius 2 is 2.00 bits per heavy atom. The number of amides is 1. The van der Waals surface area contributed by atoms with Gasteiger partial charge in [0.15, 0.2) is 0 Å². The fourth-order valence-corrected chi connectivity index (χ4v) is 4.44. The van der Waals surface area contributed by atoms with E-state index in [0.717, 1.165) is 0 Å². The number of hydrogen-bond acceptors (Lipinski definition) is 4. The topological polar surface area (TPSA) is 75.7 Å². The van der Waals surface area contributed by atoms with E-state index in [4.69, 9.17) is 16.3 Å². The van der Waals surface area contributed by atoms with Crippen molar-refractivity contribution in [2.24, 2.45) is 5.92 Å². The maximum absolute atomic E-state index is 12.8. The van der Waals surface area contributed by atoms with Crippen LogP contribution in [-0.4, -0.2) is 45.9 Å². The Morgan fingerprint density at radius 1 is 1.36 bits per heavy atom. The van der Waals surface area contributed by atoms with Crippen LogP contribution in [0.4, 0.5) is 0 Å². The summed E-state index contributed by atoms with van der Waals surface area (Å²) in [6.07, 6.45) is 1.00. The van der Waals surface area contributed by atoms with Gasteiger partial charge in [-0.15, -0.1) is 0 Å². The molecule has 0 saturated carbocycles. The molecular formula is C14H19ClN2O4S. The van der Waals surface area contributed by atoms with Crippen LogP contribution in [0.3, 0.4) is 0 Å². The number of halogens is 1. The van der Waals surface area contributed by atoms with Crippen molar-refractivity contribution in [1.82, 2.24) is 9.62 Å². The van der Waals surface area contributed by atoms with Gasteiger partial charge in [0.25, 0.3) is 0 Å². The monoisotopic (exact) mass is 346 g/mol. The number of piperidine rings is 1. The third kappa shape index (κ3) is 3.37. The normalized spacial score (nSPS) is 17.2. The lowest BCUT2D eigenvalue weighted by Crippen LogP contribution is -2.42. The van der Waals surface area contributed by atoms with E-state index in [1.54, 1.807) is 13.1 Å². The Hall–Kier alpha value is -1.31. The summed E-state index contributed by atoms with van der Waals surface area (Å²) in [5.74, 6) is 0.0768. The molecule has 0 aliphatic carbocycles. The van der Waals surface area contributed by atoms with E-state index in [9.17, 15) is 13.2 Å². The smallest absolute Gasteiger partial charge is 0.246 e. The van der Waals surface area contributed by atoms with Crippen molar-refractivity contribution in [3.05, 3.63) is 23.2 Å². The number of rotatable bonds is 4. The molecule has 1 fully saturated rings. The molecule has 0 radical (unpaired) electrons. The third-order valence-corrected chi connectivity index (χ3v) is 5.97. The fourth-order valence-electron chi connectivity index (χ4n) is 2.55. The number of benzene rings is 1. The molecule has 1 aliphatic heterocycles. The van der Waals surface area contributed by atoms with Gasteiger partial charge in [-0.1, -0.05) is 11.6 Å². The Kier molecular flexibility index (Phi) is 5.31. The van der Waals surface area contributed by atoms with Gasteiger partial charge in [-0.25, -0.2) is 8.42 Å². The maximum Gasteiger partial charge on any atom is 0.246 e. The van der Waals surface area contributed by atoms with Crippen LogP contribution in [0.2, 0.25) is 5.02 Å². The predicted octanol–water partition coefficient (Wildman–Crippen LogP) is 1.50. The number of nitrogens with one attached hydrogen (secondary N) is 1. The van der Waals surface area contributed by atoms with E-state index >= 15 is 0 Å². The fraction of sp³-hybridized carbons (Fsp3) is 0.500. The zero-order valence-corrected chi connectivity index (χ0v) is 14.1. The van der Waals surface area contributed by atoms with Gasteiger partial charge >= 0.3 is 0 Å². The quantitative estimate of drug-likeness (QED) is 0.896. The number of ether oxygens (including phenoxy) is 1. The summed E-state index contributed by atoms with van der Waals surface area (Å²) in [6.45, 7) is 0.603. The van der Waals surface area contributed by atoms with Crippen molar-refractivity contribution >= 4 is 27.5 Å². The number of nitrogens with zero attached hydrogens (tertiary/aromatic N) is 1. The highest BCUT2D eigenvalue weighted by atomic mass is 35.5. The summed E-state index contributed by atoms with van der Waals surface area (Å²) in [5, 5.41) is 2.93. The largest absolute Gasteiger partial charge is 0.495 e. The van der Waals surface area contributed by atoms with Crippen molar-refractivity contribution in [2.45, 2.75) is 17.7 Å². The Labute approximate surface area is 135 Å². The Bertz CT molecular complexity index is 655. The zero-order chi connectivity index (χ0) is 16.3. The Morgan fingerprint density at radius 3 is 2.55 bits per heavy atom. The molecule has 8 heteroatoms. The molecule has 2 rings (SSSR count). The number of carbonyl (C=O) groups excluding carboxylic acids is 1. The zero-order valence-electron chi connectivity index (χ0n) is 12.5. The van der Waals surface area contributed by atoms with Crippen LogP contribution in [0.1, 0.15) is 12.8 Å². The van der Waals surface area contributed by atoms with Gasteiger partial charge in [-0.3, -0.25) is 4.79 Å². The minimum Gasteiger partial charge on any atom is -0.495 e.